The maximum Gasteiger partial charge on any atom is 0.220 e. The highest BCUT2D eigenvalue weighted by atomic mass is 16.3. The van der Waals surface area contributed by atoms with Gasteiger partial charge in [0.05, 0.1) is 6.26 Å². The lowest BCUT2D eigenvalue weighted by atomic mass is 10.1. The van der Waals surface area contributed by atoms with Crippen molar-refractivity contribution in [3.8, 4) is 0 Å². The van der Waals surface area contributed by atoms with E-state index in [9.17, 15) is 4.79 Å². The van der Waals surface area contributed by atoms with Gasteiger partial charge in [-0.1, -0.05) is 0 Å². The van der Waals surface area contributed by atoms with E-state index in [1.807, 2.05) is 19.1 Å². The lowest BCUT2D eigenvalue weighted by Crippen LogP contribution is -2.41. The first-order valence-electron chi connectivity index (χ1n) is 6.93. The zero-order valence-corrected chi connectivity index (χ0v) is 11.5. The number of carbonyl (C=O) groups excluding carboxylic acids is 1. The quantitative estimate of drug-likeness (QED) is 0.910. The van der Waals surface area contributed by atoms with Gasteiger partial charge in [0.15, 0.2) is 0 Å². The van der Waals surface area contributed by atoms with Crippen LogP contribution in [-0.2, 0) is 24.2 Å². The molecule has 6 heteroatoms. The molecular formula is C14H18N4O2. The Morgan fingerprint density at radius 2 is 2.45 bits per heavy atom. The van der Waals surface area contributed by atoms with E-state index in [-0.39, 0.29) is 11.9 Å². The largest absolute Gasteiger partial charge is 0.469 e. The molecule has 0 aromatic carbocycles. The highest BCUT2D eigenvalue weighted by molar-refractivity contribution is 5.76. The molecule has 2 aromatic rings. The number of aryl methyl sites for hydroxylation is 3. The maximum absolute atomic E-state index is 11.9. The van der Waals surface area contributed by atoms with Gasteiger partial charge in [-0.2, -0.15) is 0 Å². The Morgan fingerprint density at radius 3 is 3.25 bits per heavy atom. The SMILES string of the molecule is Cc1nnc2n1CC(NC(=O)CCc1ccco1)CC2. The fourth-order valence-corrected chi connectivity index (χ4v) is 2.57. The number of hydrogen-bond donors (Lipinski definition) is 1. The molecule has 0 aliphatic carbocycles. The molecule has 2 aromatic heterocycles. The molecule has 6 nitrogen and oxygen atoms in total. The van der Waals surface area contributed by atoms with Crippen molar-refractivity contribution >= 4 is 5.91 Å². The Kier molecular flexibility index (Phi) is 3.54. The minimum absolute atomic E-state index is 0.0700. The molecule has 3 heterocycles. The highest BCUT2D eigenvalue weighted by Crippen LogP contribution is 2.14. The summed E-state index contributed by atoms with van der Waals surface area (Å²) in [4.78, 5) is 11.9. The Labute approximate surface area is 117 Å². The predicted octanol–water partition coefficient (Wildman–Crippen LogP) is 1.24. The summed E-state index contributed by atoms with van der Waals surface area (Å²) < 4.78 is 7.31. The lowest BCUT2D eigenvalue weighted by molar-refractivity contribution is -0.122. The van der Waals surface area contributed by atoms with E-state index < -0.39 is 0 Å². The molecule has 0 saturated heterocycles. The smallest absolute Gasteiger partial charge is 0.220 e. The van der Waals surface area contributed by atoms with Gasteiger partial charge in [0, 0.05) is 31.8 Å². The molecule has 1 aliphatic heterocycles. The fourth-order valence-electron chi connectivity index (χ4n) is 2.57. The second-order valence-electron chi connectivity index (χ2n) is 5.16. The first-order valence-corrected chi connectivity index (χ1v) is 6.93. The van der Waals surface area contributed by atoms with Crippen LogP contribution in [0, 0.1) is 6.92 Å². The van der Waals surface area contributed by atoms with Crippen LogP contribution in [0.2, 0.25) is 0 Å². The van der Waals surface area contributed by atoms with Crippen molar-refractivity contribution in [3.63, 3.8) is 0 Å². The maximum atomic E-state index is 11.9. The Bertz CT molecular complexity index is 588. The minimum Gasteiger partial charge on any atom is -0.469 e. The van der Waals surface area contributed by atoms with Crippen molar-refractivity contribution in [3.05, 3.63) is 35.8 Å². The van der Waals surface area contributed by atoms with E-state index in [2.05, 4.69) is 20.1 Å². The van der Waals surface area contributed by atoms with Crippen LogP contribution >= 0.6 is 0 Å². The van der Waals surface area contributed by atoms with Crippen LogP contribution < -0.4 is 5.32 Å². The zero-order valence-electron chi connectivity index (χ0n) is 11.5. The van der Waals surface area contributed by atoms with Crippen LogP contribution in [-0.4, -0.2) is 26.7 Å². The summed E-state index contributed by atoms with van der Waals surface area (Å²) in [5.41, 5.74) is 0. The van der Waals surface area contributed by atoms with Crippen molar-refractivity contribution in [1.29, 1.82) is 0 Å². The standard InChI is InChI=1S/C14H18N4O2/c1-10-16-17-13-6-4-11(9-18(10)13)15-14(19)7-5-12-3-2-8-20-12/h2-3,8,11H,4-7,9H2,1H3,(H,15,19). The topological polar surface area (TPSA) is 73.0 Å². The third-order valence-electron chi connectivity index (χ3n) is 3.68. The molecule has 1 amide bonds. The van der Waals surface area contributed by atoms with Crippen molar-refractivity contribution in [2.24, 2.45) is 0 Å². The average molecular weight is 274 g/mol. The first kappa shape index (κ1) is 12.9. The number of furan rings is 1. The summed E-state index contributed by atoms with van der Waals surface area (Å²) in [5, 5.41) is 11.3. The van der Waals surface area contributed by atoms with Crippen molar-refractivity contribution in [2.75, 3.05) is 0 Å². The second kappa shape index (κ2) is 5.48. The van der Waals surface area contributed by atoms with Crippen molar-refractivity contribution < 1.29 is 9.21 Å². The molecule has 0 saturated carbocycles. The number of hydrogen-bond acceptors (Lipinski definition) is 4. The number of amides is 1. The van der Waals surface area contributed by atoms with Crippen LogP contribution in [0.5, 0.6) is 0 Å². The fraction of sp³-hybridized carbons (Fsp3) is 0.500. The van der Waals surface area contributed by atoms with Crippen molar-refractivity contribution in [1.82, 2.24) is 20.1 Å². The summed E-state index contributed by atoms with van der Waals surface area (Å²) in [6.07, 6.45) is 4.51. The predicted molar refractivity (Wildman–Crippen MR) is 72.0 cm³/mol. The Morgan fingerprint density at radius 1 is 1.55 bits per heavy atom. The van der Waals surface area contributed by atoms with E-state index in [0.717, 1.165) is 36.8 Å². The number of rotatable bonds is 4. The van der Waals surface area contributed by atoms with Crippen molar-refractivity contribution in [2.45, 2.75) is 45.2 Å². The number of nitrogens with one attached hydrogen (secondary N) is 1. The summed E-state index contributed by atoms with van der Waals surface area (Å²) in [7, 11) is 0. The molecular weight excluding hydrogens is 256 g/mol. The molecule has 1 unspecified atom stereocenters. The van der Waals surface area contributed by atoms with E-state index >= 15 is 0 Å². The minimum atomic E-state index is 0.0700. The van der Waals surface area contributed by atoms with Crippen LogP contribution in [0.1, 0.15) is 30.3 Å². The first-order chi connectivity index (χ1) is 9.72. The van der Waals surface area contributed by atoms with Gasteiger partial charge in [-0.3, -0.25) is 4.79 Å². The lowest BCUT2D eigenvalue weighted by Gasteiger charge is -2.24. The molecule has 20 heavy (non-hydrogen) atoms. The third kappa shape index (κ3) is 2.74. The summed E-state index contributed by atoms with van der Waals surface area (Å²) in [5.74, 6) is 2.85. The van der Waals surface area contributed by atoms with Crippen LogP contribution in [0.3, 0.4) is 0 Å². The molecule has 106 valence electrons. The Balaban J connectivity index is 1.51. The van der Waals surface area contributed by atoms with Crippen LogP contribution in [0.4, 0.5) is 0 Å². The molecule has 0 spiro atoms. The van der Waals surface area contributed by atoms with Gasteiger partial charge in [0.1, 0.15) is 17.4 Å². The summed E-state index contributed by atoms with van der Waals surface area (Å²) in [6.45, 7) is 2.71. The average Bonchev–Trinajstić information content (AvgIpc) is 3.07. The zero-order chi connectivity index (χ0) is 13.9. The molecule has 3 rings (SSSR count). The molecule has 1 atom stereocenters. The van der Waals surface area contributed by atoms with Gasteiger partial charge in [-0.05, 0) is 25.5 Å². The number of nitrogens with zero attached hydrogens (tertiary/aromatic N) is 3. The number of aromatic nitrogens is 3. The molecule has 0 radical (unpaired) electrons. The van der Waals surface area contributed by atoms with Gasteiger partial charge < -0.3 is 14.3 Å². The molecule has 0 fully saturated rings. The van der Waals surface area contributed by atoms with E-state index in [4.69, 9.17) is 4.42 Å². The Hall–Kier alpha value is -2.11. The third-order valence-corrected chi connectivity index (χ3v) is 3.68. The number of carbonyl (C=O) groups is 1. The van der Waals surface area contributed by atoms with E-state index in [1.165, 1.54) is 0 Å². The van der Waals surface area contributed by atoms with Gasteiger partial charge in [0.2, 0.25) is 5.91 Å². The van der Waals surface area contributed by atoms with Gasteiger partial charge in [0.25, 0.3) is 0 Å². The normalized spacial score (nSPS) is 17.8. The molecule has 0 bridgehead atoms. The summed E-state index contributed by atoms with van der Waals surface area (Å²) in [6, 6.07) is 3.90. The highest BCUT2D eigenvalue weighted by Gasteiger charge is 2.22. The second-order valence-corrected chi connectivity index (χ2v) is 5.16. The van der Waals surface area contributed by atoms with E-state index in [0.29, 0.717) is 12.8 Å². The van der Waals surface area contributed by atoms with Gasteiger partial charge in [-0.25, -0.2) is 0 Å². The van der Waals surface area contributed by atoms with Gasteiger partial charge >= 0.3 is 0 Å². The van der Waals surface area contributed by atoms with E-state index in [1.54, 1.807) is 6.26 Å². The van der Waals surface area contributed by atoms with Crippen LogP contribution in [0.15, 0.2) is 22.8 Å². The monoisotopic (exact) mass is 274 g/mol. The number of fused-ring (bicyclic) bond motifs is 1. The molecule has 1 aliphatic rings. The van der Waals surface area contributed by atoms with Gasteiger partial charge in [-0.15, -0.1) is 10.2 Å². The summed E-state index contributed by atoms with van der Waals surface area (Å²) >= 11 is 0. The molecule has 1 N–H and O–H groups in total. The van der Waals surface area contributed by atoms with Crippen LogP contribution in [0.25, 0.3) is 0 Å².